The van der Waals surface area contributed by atoms with Crippen molar-refractivity contribution in [3.05, 3.63) is 69.2 Å². The maximum absolute atomic E-state index is 13.2. The number of nitrogens with one attached hydrogen (secondary N) is 1. The molecule has 2 amide bonds. The highest BCUT2D eigenvalue weighted by Gasteiger charge is 2.28. The van der Waals surface area contributed by atoms with E-state index in [1.165, 1.54) is 6.42 Å². The number of hydrogen-bond acceptors (Lipinski definition) is 2. The van der Waals surface area contributed by atoms with Crippen LogP contribution < -0.4 is 5.32 Å². The summed E-state index contributed by atoms with van der Waals surface area (Å²) in [7, 11) is 0. The molecule has 0 saturated heterocycles. The highest BCUT2D eigenvalue weighted by atomic mass is 79.9. The molecule has 0 aliphatic heterocycles. The predicted molar refractivity (Wildman–Crippen MR) is 124 cm³/mol. The van der Waals surface area contributed by atoms with Crippen molar-refractivity contribution in [2.45, 2.75) is 64.1 Å². The lowest BCUT2D eigenvalue weighted by Gasteiger charge is -2.31. The highest BCUT2D eigenvalue weighted by molar-refractivity contribution is 9.10. The van der Waals surface area contributed by atoms with Crippen LogP contribution in [-0.2, 0) is 22.6 Å². The Kier molecular flexibility index (Phi) is 8.34. The zero-order valence-corrected chi connectivity index (χ0v) is 19.6. The van der Waals surface area contributed by atoms with Crippen LogP contribution in [0.5, 0.6) is 0 Å². The van der Waals surface area contributed by atoms with E-state index in [0.717, 1.165) is 41.3 Å². The van der Waals surface area contributed by atoms with Crippen LogP contribution in [0.25, 0.3) is 0 Å². The first-order valence-electron chi connectivity index (χ1n) is 10.5. The molecule has 1 atom stereocenters. The Balaban J connectivity index is 1.76. The Bertz CT molecular complexity index is 883. The van der Waals surface area contributed by atoms with E-state index in [2.05, 4.69) is 21.2 Å². The van der Waals surface area contributed by atoms with Crippen molar-refractivity contribution >= 4 is 39.3 Å². The fourth-order valence-electron chi connectivity index (χ4n) is 3.91. The molecule has 0 radical (unpaired) electrons. The molecule has 0 aromatic heterocycles. The van der Waals surface area contributed by atoms with Gasteiger partial charge in [0.2, 0.25) is 11.8 Å². The number of benzene rings is 2. The SMILES string of the molecule is C[C@H](C(=O)NC1CCCCC1)N(Cc1cccc(Br)c1)C(=O)Cc1cccc(Cl)c1. The lowest BCUT2D eigenvalue weighted by atomic mass is 9.95. The van der Waals surface area contributed by atoms with Crippen LogP contribution in [0.2, 0.25) is 5.02 Å². The third-order valence-electron chi connectivity index (χ3n) is 5.61. The molecule has 6 heteroatoms. The lowest BCUT2D eigenvalue weighted by molar-refractivity contribution is -0.140. The maximum Gasteiger partial charge on any atom is 0.242 e. The van der Waals surface area contributed by atoms with Crippen molar-refractivity contribution in [2.75, 3.05) is 0 Å². The topological polar surface area (TPSA) is 49.4 Å². The maximum atomic E-state index is 13.2. The Hall–Kier alpha value is -1.85. The Morgan fingerprint density at radius 1 is 1.10 bits per heavy atom. The quantitative estimate of drug-likeness (QED) is 0.555. The van der Waals surface area contributed by atoms with Crippen molar-refractivity contribution < 1.29 is 9.59 Å². The largest absolute Gasteiger partial charge is 0.352 e. The summed E-state index contributed by atoms with van der Waals surface area (Å²) in [5, 5.41) is 3.76. The summed E-state index contributed by atoms with van der Waals surface area (Å²) in [5.41, 5.74) is 1.81. The summed E-state index contributed by atoms with van der Waals surface area (Å²) < 4.78 is 0.946. The summed E-state index contributed by atoms with van der Waals surface area (Å²) in [5.74, 6) is -0.181. The molecule has 1 aliphatic rings. The third kappa shape index (κ3) is 6.58. The minimum absolute atomic E-state index is 0.0867. The van der Waals surface area contributed by atoms with Gasteiger partial charge in [0.25, 0.3) is 0 Å². The first kappa shape index (κ1) is 22.8. The van der Waals surface area contributed by atoms with Gasteiger partial charge >= 0.3 is 0 Å². The van der Waals surface area contributed by atoms with E-state index < -0.39 is 6.04 Å². The van der Waals surface area contributed by atoms with Crippen LogP contribution >= 0.6 is 27.5 Å². The first-order chi connectivity index (χ1) is 14.4. The van der Waals surface area contributed by atoms with Gasteiger partial charge in [0.05, 0.1) is 6.42 Å². The van der Waals surface area contributed by atoms with E-state index in [9.17, 15) is 9.59 Å². The smallest absolute Gasteiger partial charge is 0.242 e. The van der Waals surface area contributed by atoms with Gasteiger partial charge < -0.3 is 10.2 Å². The van der Waals surface area contributed by atoms with E-state index in [4.69, 9.17) is 11.6 Å². The lowest BCUT2D eigenvalue weighted by Crippen LogP contribution is -2.50. The standard InChI is InChI=1S/C24H28BrClN2O2/c1-17(24(30)27-22-11-3-2-4-12-22)28(16-19-8-5-9-20(25)13-19)23(29)15-18-7-6-10-21(26)14-18/h5-10,13-14,17,22H,2-4,11-12,15-16H2,1H3,(H,27,30)/t17-/m1/s1. The van der Waals surface area contributed by atoms with Gasteiger partial charge in [-0.25, -0.2) is 0 Å². The molecule has 1 N–H and O–H groups in total. The van der Waals surface area contributed by atoms with E-state index in [-0.39, 0.29) is 24.3 Å². The molecule has 0 spiro atoms. The summed E-state index contributed by atoms with van der Waals surface area (Å²) >= 11 is 9.57. The first-order valence-corrected chi connectivity index (χ1v) is 11.7. The molecule has 2 aromatic rings. The number of rotatable bonds is 7. The summed E-state index contributed by atoms with van der Waals surface area (Å²) in [6, 6.07) is 14.8. The van der Waals surface area contributed by atoms with Gasteiger partial charge in [0.15, 0.2) is 0 Å². The molecule has 1 aliphatic carbocycles. The molecule has 1 fully saturated rings. The van der Waals surface area contributed by atoms with Gasteiger partial charge in [0.1, 0.15) is 6.04 Å². The van der Waals surface area contributed by atoms with Crippen molar-refractivity contribution in [1.29, 1.82) is 0 Å². The van der Waals surface area contributed by atoms with E-state index in [1.54, 1.807) is 17.0 Å². The third-order valence-corrected chi connectivity index (χ3v) is 6.33. The van der Waals surface area contributed by atoms with Gasteiger partial charge in [-0.3, -0.25) is 9.59 Å². The Labute approximate surface area is 192 Å². The molecule has 3 rings (SSSR count). The summed E-state index contributed by atoms with van der Waals surface area (Å²) in [6.45, 7) is 2.18. The molecule has 4 nitrogen and oxygen atoms in total. The molecule has 160 valence electrons. The number of hydrogen-bond donors (Lipinski definition) is 1. The monoisotopic (exact) mass is 490 g/mol. The van der Waals surface area contributed by atoms with Crippen molar-refractivity contribution in [1.82, 2.24) is 10.2 Å². The number of carbonyl (C=O) groups is 2. The second-order valence-corrected chi connectivity index (χ2v) is 9.33. The Morgan fingerprint density at radius 3 is 2.50 bits per heavy atom. The molecular formula is C24H28BrClN2O2. The molecule has 0 bridgehead atoms. The van der Waals surface area contributed by atoms with Crippen LogP contribution in [0.3, 0.4) is 0 Å². The van der Waals surface area contributed by atoms with Crippen molar-refractivity contribution in [3.63, 3.8) is 0 Å². The number of halogens is 2. The predicted octanol–water partition coefficient (Wildman–Crippen LogP) is 5.51. The summed E-state index contributed by atoms with van der Waals surface area (Å²) in [6.07, 6.45) is 5.76. The van der Waals surface area contributed by atoms with Crippen LogP contribution in [0.15, 0.2) is 53.0 Å². The molecular weight excluding hydrogens is 464 g/mol. The van der Waals surface area contributed by atoms with Crippen LogP contribution in [0.4, 0.5) is 0 Å². The zero-order chi connectivity index (χ0) is 21.5. The fraction of sp³-hybridized carbons (Fsp3) is 0.417. The van der Waals surface area contributed by atoms with Crippen LogP contribution in [0, 0.1) is 0 Å². The molecule has 30 heavy (non-hydrogen) atoms. The van der Waals surface area contributed by atoms with E-state index in [1.807, 2.05) is 43.3 Å². The van der Waals surface area contributed by atoms with Gasteiger partial charge in [-0.15, -0.1) is 0 Å². The van der Waals surface area contributed by atoms with Crippen molar-refractivity contribution in [3.8, 4) is 0 Å². The molecule has 2 aromatic carbocycles. The van der Waals surface area contributed by atoms with Gasteiger partial charge in [-0.05, 0) is 55.2 Å². The summed E-state index contributed by atoms with van der Waals surface area (Å²) in [4.78, 5) is 27.9. The second-order valence-electron chi connectivity index (χ2n) is 7.98. The van der Waals surface area contributed by atoms with Crippen molar-refractivity contribution in [2.24, 2.45) is 0 Å². The number of amides is 2. The molecule has 0 heterocycles. The van der Waals surface area contributed by atoms with E-state index in [0.29, 0.717) is 11.6 Å². The zero-order valence-electron chi connectivity index (χ0n) is 17.2. The van der Waals surface area contributed by atoms with E-state index >= 15 is 0 Å². The highest BCUT2D eigenvalue weighted by Crippen LogP contribution is 2.20. The van der Waals surface area contributed by atoms with Gasteiger partial charge in [0, 0.05) is 22.1 Å². The second kappa shape index (κ2) is 11.0. The minimum Gasteiger partial charge on any atom is -0.352 e. The van der Waals surface area contributed by atoms with Gasteiger partial charge in [-0.2, -0.15) is 0 Å². The number of nitrogens with zero attached hydrogens (tertiary/aromatic N) is 1. The van der Waals surface area contributed by atoms with Crippen LogP contribution in [-0.4, -0.2) is 28.8 Å². The molecule has 1 saturated carbocycles. The average molecular weight is 492 g/mol. The molecule has 0 unspecified atom stereocenters. The minimum atomic E-state index is -0.558. The average Bonchev–Trinajstić information content (AvgIpc) is 2.72. The van der Waals surface area contributed by atoms with Gasteiger partial charge in [-0.1, -0.05) is 71.1 Å². The fourth-order valence-corrected chi connectivity index (χ4v) is 4.57. The Morgan fingerprint density at radius 2 is 1.80 bits per heavy atom. The normalized spacial score (nSPS) is 15.4. The van der Waals surface area contributed by atoms with Crippen LogP contribution in [0.1, 0.15) is 50.2 Å². The number of carbonyl (C=O) groups excluding carboxylic acids is 2.